The second-order valence-electron chi connectivity index (χ2n) is 3.62. The summed E-state index contributed by atoms with van der Waals surface area (Å²) in [7, 11) is 0. The fourth-order valence-electron chi connectivity index (χ4n) is 1.30. The summed E-state index contributed by atoms with van der Waals surface area (Å²) < 4.78 is 42.1. The van der Waals surface area contributed by atoms with Crippen LogP contribution in [0.25, 0.3) is 0 Å². The van der Waals surface area contributed by atoms with E-state index in [-0.39, 0.29) is 0 Å². The summed E-state index contributed by atoms with van der Waals surface area (Å²) in [5.41, 5.74) is -0.660. The minimum Gasteiger partial charge on any atom is -0.494 e. The average molecular weight is 267 g/mol. The first kappa shape index (κ1) is 14.2. The maximum absolute atomic E-state index is 12.3. The molecule has 0 unspecified atom stereocenters. The van der Waals surface area contributed by atoms with Gasteiger partial charge in [-0.3, -0.25) is 0 Å². The van der Waals surface area contributed by atoms with E-state index < -0.39 is 11.7 Å². The van der Waals surface area contributed by atoms with Crippen LogP contribution in [0.2, 0.25) is 0 Å². The molecule has 0 fully saturated rings. The molecule has 1 aromatic rings. The number of hydrogen-bond donors (Lipinski definition) is 0. The molecule has 1 nitrogen and oxygen atoms in total. The largest absolute Gasteiger partial charge is 0.494 e. The second-order valence-corrected chi connectivity index (χ2v) is 4.00. The number of unbranched alkanes of at least 4 members (excludes halogenated alkanes) is 2. The van der Waals surface area contributed by atoms with Crippen molar-refractivity contribution in [2.45, 2.75) is 25.4 Å². The van der Waals surface area contributed by atoms with Crippen molar-refractivity contribution < 1.29 is 17.9 Å². The predicted octanol–water partition coefficient (Wildman–Crippen LogP) is 4.49. The van der Waals surface area contributed by atoms with Crippen molar-refractivity contribution in [3.8, 4) is 5.75 Å². The van der Waals surface area contributed by atoms with Crippen molar-refractivity contribution in [2.75, 3.05) is 12.5 Å². The van der Waals surface area contributed by atoms with E-state index >= 15 is 0 Å². The minimum absolute atomic E-state index is 0.462. The van der Waals surface area contributed by atoms with Gasteiger partial charge in [0.2, 0.25) is 0 Å². The number of ether oxygens (including phenoxy) is 1. The second kappa shape index (κ2) is 6.74. The number of halogens is 4. The van der Waals surface area contributed by atoms with Gasteiger partial charge in [0, 0.05) is 5.88 Å². The van der Waals surface area contributed by atoms with Crippen LogP contribution in [0.5, 0.6) is 5.75 Å². The SMILES string of the molecule is FC(F)(F)c1ccc(OCCCCCCl)cc1. The van der Waals surface area contributed by atoms with E-state index in [1.54, 1.807) is 0 Å². The predicted molar refractivity (Wildman–Crippen MR) is 61.5 cm³/mol. The Labute approximate surface area is 104 Å². The van der Waals surface area contributed by atoms with Crippen LogP contribution in [-0.4, -0.2) is 12.5 Å². The summed E-state index contributed by atoms with van der Waals surface area (Å²) in [6.45, 7) is 0.502. The van der Waals surface area contributed by atoms with Crippen LogP contribution in [0.15, 0.2) is 24.3 Å². The van der Waals surface area contributed by atoms with Crippen molar-refractivity contribution >= 4 is 11.6 Å². The Kier molecular flexibility index (Phi) is 5.62. The van der Waals surface area contributed by atoms with Crippen LogP contribution < -0.4 is 4.74 Å². The molecule has 0 saturated carbocycles. The molecule has 0 radical (unpaired) electrons. The highest BCUT2D eigenvalue weighted by molar-refractivity contribution is 6.17. The van der Waals surface area contributed by atoms with Crippen molar-refractivity contribution in [3.05, 3.63) is 29.8 Å². The average Bonchev–Trinajstić information content (AvgIpc) is 2.28. The maximum atomic E-state index is 12.3. The third-order valence-electron chi connectivity index (χ3n) is 2.23. The summed E-state index contributed by atoms with van der Waals surface area (Å²) in [5.74, 6) is 1.09. The molecule has 5 heteroatoms. The standard InChI is InChI=1S/C12H14ClF3O/c13-8-2-1-3-9-17-11-6-4-10(5-7-11)12(14,15)16/h4-7H,1-3,8-9H2. The Bertz CT molecular complexity index is 322. The smallest absolute Gasteiger partial charge is 0.416 e. The van der Waals surface area contributed by atoms with Gasteiger partial charge in [-0.25, -0.2) is 0 Å². The molecule has 0 spiro atoms. The van der Waals surface area contributed by atoms with Crippen LogP contribution >= 0.6 is 11.6 Å². The van der Waals surface area contributed by atoms with E-state index in [1.165, 1.54) is 12.1 Å². The Balaban J connectivity index is 2.36. The molecule has 0 amide bonds. The topological polar surface area (TPSA) is 9.23 Å². The van der Waals surface area contributed by atoms with Crippen molar-refractivity contribution in [2.24, 2.45) is 0 Å². The first-order chi connectivity index (χ1) is 8.04. The fraction of sp³-hybridized carbons (Fsp3) is 0.500. The molecule has 1 aromatic carbocycles. The summed E-state index contributed by atoms with van der Waals surface area (Å²) in [6.07, 6.45) is -1.55. The molecule has 0 aliphatic heterocycles. The highest BCUT2D eigenvalue weighted by atomic mass is 35.5. The van der Waals surface area contributed by atoms with Crippen LogP contribution in [0.3, 0.4) is 0 Å². The van der Waals surface area contributed by atoms with Gasteiger partial charge in [-0.2, -0.15) is 13.2 Å². The lowest BCUT2D eigenvalue weighted by molar-refractivity contribution is -0.137. The summed E-state index contributed by atoms with van der Waals surface area (Å²) in [4.78, 5) is 0. The molecule has 0 atom stereocenters. The zero-order valence-corrected chi connectivity index (χ0v) is 10.0. The molecule has 0 aliphatic carbocycles. The first-order valence-electron chi connectivity index (χ1n) is 5.40. The van der Waals surface area contributed by atoms with Gasteiger partial charge in [-0.1, -0.05) is 0 Å². The number of benzene rings is 1. The van der Waals surface area contributed by atoms with Gasteiger partial charge in [0.25, 0.3) is 0 Å². The maximum Gasteiger partial charge on any atom is 0.416 e. The molecule has 96 valence electrons. The number of alkyl halides is 4. The molecular formula is C12H14ClF3O. The normalized spacial score (nSPS) is 11.5. The van der Waals surface area contributed by atoms with Gasteiger partial charge < -0.3 is 4.74 Å². The van der Waals surface area contributed by atoms with Gasteiger partial charge in [0.1, 0.15) is 5.75 Å². The molecule has 0 N–H and O–H groups in total. The third-order valence-corrected chi connectivity index (χ3v) is 2.50. The first-order valence-corrected chi connectivity index (χ1v) is 5.93. The molecule has 0 aliphatic rings. The fourth-order valence-corrected chi connectivity index (χ4v) is 1.49. The zero-order chi connectivity index (χ0) is 12.7. The monoisotopic (exact) mass is 266 g/mol. The Morgan fingerprint density at radius 2 is 1.65 bits per heavy atom. The molecule has 0 bridgehead atoms. The van der Waals surface area contributed by atoms with E-state index in [0.29, 0.717) is 18.2 Å². The molecule has 0 aromatic heterocycles. The van der Waals surface area contributed by atoms with Crippen LogP contribution in [-0.2, 0) is 6.18 Å². The van der Waals surface area contributed by atoms with Crippen LogP contribution in [0.4, 0.5) is 13.2 Å². The summed E-state index contributed by atoms with van der Waals surface area (Å²) in [6, 6.07) is 4.72. The third kappa shape index (κ3) is 5.31. The number of hydrogen-bond acceptors (Lipinski definition) is 1. The molecule has 0 heterocycles. The van der Waals surface area contributed by atoms with Crippen LogP contribution in [0.1, 0.15) is 24.8 Å². The van der Waals surface area contributed by atoms with Gasteiger partial charge in [0.05, 0.1) is 12.2 Å². The lowest BCUT2D eigenvalue weighted by Crippen LogP contribution is -2.04. The Hall–Kier alpha value is -0.900. The van der Waals surface area contributed by atoms with Gasteiger partial charge in [-0.05, 0) is 43.5 Å². The summed E-state index contributed by atoms with van der Waals surface area (Å²) >= 11 is 5.51. The Morgan fingerprint density at radius 1 is 1.00 bits per heavy atom. The zero-order valence-electron chi connectivity index (χ0n) is 9.27. The van der Waals surface area contributed by atoms with Gasteiger partial charge >= 0.3 is 6.18 Å². The van der Waals surface area contributed by atoms with E-state index in [4.69, 9.17) is 16.3 Å². The Morgan fingerprint density at radius 3 is 2.18 bits per heavy atom. The van der Waals surface area contributed by atoms with Crippen molar-refractivity contribution in [1.82, 2.24) is 0 Å². The highest BCUT2D eigenvalue weighted by Crippen LogP contribution is 2.30. The van der Waals surface area contributed by atoms with E-state index in [1.807, 2.05) is 0 Å². The molecule has 0 saturated heterocycles. The van der Waals surface area contributed by atoms with Crippen molar-refractivity contribution in [1.29, 1.82) is 0 Å². The number of rotatable bonds is 6. The lowest BCUT2D eigenvalue weighted by Gasteiger charge is -2.09. The lowest BCUT2D eigenvalue weighted by atomic mass is 10.2. The van der Waals surface area contributed by atoms with Crippen LogP contribution in [0, 0.1) is 0 Å². The van der Waals surface area contributed by atoms with E-state index in [9.17, 15) is 13.2 Å². The van der Waals surface area contributed by atoms with E-state index in [2.05, 4.69) is 0 Å². The van der Waals surface area contributed by atoms with E-state index in [0.717, 1.165) is 31.4 Å². The van der Waals surface area contributed by atoms with Gasteiger partial charge in [-0.15, -0.1) is 11.6 Å². The quantitative estimate of drug-likeness (QED) is 0.544. The molecule has 17 heavy (non-hydrogen) atoms. The molecular weight excluding hydrogens is 253 g/mol. The van der Waals surface area contributed by atoms with Gasteiger partial charge in [0.15, 0.2) is 0 Å². The minimum atomic E-state index is -4.29. The molecule has 1 rings (SSSR count). The highest BCUT2D eigenvalue weighted by Gasteiger charge is 2.29. The van der Waals surface area contributed by atoms with Crippen molar-refractivity contribution in [3.63, 3.8) is 0 Å². The summed E-state index contributed by atoms with van der Waals surface area (Å²) in [5, 5.41) is 0.